The van der Waals surface area contributed by atoms with Crippen LogP contribution in [0.3, 0.4) is 0 Å². The highest BCUT2D eigenvalue weighted by Gasteiger charge is 2.37. The number of ether oxygens (including phenoxy) is 2. The summed E-state index contributed by atoms with van der Waals surface area (Å²) in [6, 6.07) is 6.60. The van der Waals surface area contributed by atoms with Crippen LogP contribution in [0.25, 0.3) is 0 Å². The summed E-state index contributed by atoms with van der Waals surface area (Å²) in [5.41, 5.74) is 1.51. The molecule has 2 rings (SSSR count). The second-order valence-electron chi connectivity index (χ2n) is 7.96. The number of piperidine rings is 1. The molecule has 2 N–H and O–H groups in total. The van der Waals surface area contributed by atoms with Gasteiger partial charge in [0.05, 0.1) is 7.11 Å². The Kier molecular flexibility index (Phi) is 5.94. The first-order valence-corrected chi connectivity index (χ1v) is 8.68. The van der Waals surface area contributed by atoms with Crippen molar-refractivity contribution in [2.24, 2.45) is 0 Å². The number of rotatable bonds is 7. The predicted molar refractivity (Wildman–Crippen MR) is 99.8 cm³/mol. The number of methoxy groups -OCH3 is 1. The Morgan fingerprint density at radius 2 is 1.88 bits per heavy atom. The van der Waals surface area contributed by atoms with Crippen molar-refractivity contribution in [3.8, 4) is 11.5 Å². The van der Waals surface area contributed by atoms with Crippen LogP contribution in [0.4, 0.5) is 0 Å². The number of nitrogens with one attached hydrogen (secondary N) is 2. The highest BCUT2D eigenvalue weighted by Crippen LogP contribution is 2.30. The molecule has 1 aliphatic heterocycles. The maximum absolute atomic E-state index is 5.61. The smallest absolute Gasteiger partial charge is 0.161 e. The van der Waals surface area contributed by atoms with Gasteiger partial charge in [-0.25, -0.2) is 0 Å². The van der Waals surface area contributed by atoms with E-state index >= 15 is 0 Å². The van der Waals surface area contributed by atoms with Crippen LogP contribution < -0.4 is 20.1 Å². The lowest BCUT2D eigenvalue weighted by atomic mass is 9.79. The van der Waals surface area contributed by atoms with Gasteiger partial charge in [0, 0.05) is 23.7 Å². The Balaban J connectivity index is 2.00. The number of benzene rings is 1. The molecule has 1 aromatic carbocycles. The van der Waals surface area contributed by atoms with E-state index in [1.807, 2.05) is 12.1 Å². The highest BCUT2D eigenvalue weighted by atomic mass is 16.5. The minimum Gasteiger partial charge on any atom is -0.493 e. The molecule has 1 aromatic rings. The molecule has 0 bridgehead atoms. The van der Waals surface area contributed by atoms with E-state index in [4.69, 9.17) is 9.47 Å². The lowest BCUT2D eigenvalue weighted by molar-refractivity contribution is 0.145. The average molecular weight is 332 g/mol. The van der Waals surface area contributed by atoms with Gasteiger partial charge in [-0.1, -0.05) is 18.7 Å². The summed E-state index contributed by atoms with van der Waals surface area (Å²) in [5, 5.41) is 7.43. The lowest BCUT2D eigenvalue weighted by Crippen LogP contribution is -2.61. The van der Waals surface area contributed by atoms with Crippen LogP contribution in [0, 0.1) is 0 Å². The molecule has 1 aliphatic rings. The van der Waals surface area contributed by atoms with Gasteiger partial charge < -0.3 is 20.1 Å². The Bertz CT molecular complexity index is 551. The van der Waals surface area contributed by atoms with Crippen LogP contribution in [0.5, 0.6) is 11.5 Å². The Morgan fingerprint density at radius 1 is 1.21 bits per heavy atom. The van der Waals surface area contributed by atoms with Gasteiger partial charge in [0.25, 0.3) is 0 Å². The van der Waals surface area contributed by atoms with Crippen LogP contribution in [0.2, 0.25) is 0 Å². The zero-order chi connectivity index (χ0) is 17.8. The average Bonchev–Trinajstić information content (AvgIpc) is 2.48. The summed E-state index contributed by atoms with van der Waals surface area (Å²) in [6.45, 7) is 14.1. The minimum absolute atomic E-state index is 0.152. The number of hydrogen-bond donors (Lipinski definition) is 2. The van der Waals surface area contributed by atoms with Crippen molar-refractivity contribution in [1.82, 2.24) is 10.6 Å². The van der Waals surface area contributed by atoms with Crippen LogP contribution in [-0.4, -0.2) is 30.8 Å². The van der Waals surface area contributed by atoms with Crippen molar-refractivity contribution < 1.29 is 9.47 Å². The first-order chi connectivity index (χ1) is 11.2. The first-order valence-electron chi connectivity index (χ1n) is 8.68. The summed E-state index contributed by atoms with van der Waals surface area (Å²) >= 11 is 0. The van der Waals surface area contributed by atoms with Gasteiger partial charge in [0.1, 0.15) is 6.61 Å². The van der Waals surface area contributed by atoms with E-state index in [1.54, 1.807) is 13.2 Å². The number of hydrogen-bond acceptors (Lipinski definition) is 4. The topological polar surface area (TPSA) is 42.5 Å². The third-order valence-corrected chi connectivity index (χ3v) is 4.37. The standard InChI is InChI=1S/C20H32N2O2/c1-7-10-24-17-9-8-15(11-18(17)23-6)14-21-16-12-19(2,3)22-20(4,5)13-16/h7-9,11,16,21-22H,1,10,12-14H2,2-6H3. The van der Waals surface area contributed by atoms with E-state index in [0.717, 1.165) is 30.9 Å². The summed E-state index contributed by atoms with van der Waals surface area (Å²) in [5.74, 6) is 1.52. The molecule has 1 saturated heterocycles. The van der Waals surface area contributed by atoms with E-state index in [1.165, 1.54) is 5.56 Å². The fraction of sp³-hybridized carbons (Fsp3) is 0.600. The van der Waals surface area contributed by atoms with Crippen molar-refractivity contribution in [3.63, 3.8) is 0 Å². The zero-order valence-corrected chi connectivity index (χ0v) is 15.7. The van der Waals surface area contributed by atoms with Crippen molar-refractivity contribution >= 4 is 0 Å². The molecule has 4 nitrogen and oxygen atoms in total. The summed E-state index contributed by atoms with van der Waals surface area (Å²) in [7, 11) is 1.67. The zero-order valence-electron chi connectivity index (χ0n) is 15.7. The van der Waals surface area contributed by atoms with Gasteiger partial charge in [0.15, 0.2) is 11.5 Å². The molecule has 1 heterocycles. The third-order valence-electron chi connectivity index (χ3n) is 4.37. The molecule has 0 spiro atoms. The Morgan fingerprint density at radius 3 is 2.46 bits per heavy atom. The third kappa shape index (κ3) is 5.25. The Labute approximate surface area is 146 Å². The molecule has 134 valence electrons. The van der Waals surface area contributed by atoms with Gasteiger partial charge in [-0.05, 0) is 58.2 Å². The van der Waals surface area contributed by atoms with Gasteiger partial charge in [-0.2, -0.15) is 0 Å². The van der Waals surface area contributed by atoms with E-state index in [-0.39, 0.29) is 11.1 Å². The molecule has 0 radical (unpaired) electrons. The van der Waals surface area contributed by atoms with Crippen LogP contribution in [-0.2, 0) is 6.54 Å². The van der Waals surface area contributed by atoms with E-state index in [0.29, 0.717) is 12.6 Å². The molecule has 0 unspecified atom stereocenters. The molecule has 0 saturated carbocycles. The van der Waals surface area contributed by atoms with Gasteiger partial charge in [0.2, 0.25) is 0 Å². The molecule has 4 heteroatoms. The maximum Gasteiger partial charge on any atom is 0.161 e. The predicted octanol–water partition coefficient (Wildman–Crippen LogP) is 3.66. The van der Waals surface area contributed by atoms with E-state index in [9.17, 15) is 0 Å². The largest absolute Gasteiger partial charge is 0.493 e. The first kappa shape index (κ1) is 18.8. The van der Waals surface area contributed by atoms with Crippen LogP contribution in [0.1, 0.15) is 46.1 Å². The van der Waals surface area contributed by atoms with Crippen LogP contribution >= 0.6 is 0 Å². The van der Waals surface area contributed by atoms with Gasteiger partial charge in [-0.15, -0.1) is 0 Å². The fourth-order valence-electron chi connectivity index (χ4n) is 3.82. The van der Waals surface area contributed by atoms with Crippen molar-refractivity contribution in [3.05, 3.63) is 36.4 Å². The van der Waals surface area contributed by atoms with Crippen molar-refractivity contribution in [2.45, 2.75) is 64.2 Å². The maximum atomic E-state index is 5.61. The summed E-state index contributed by atoms with van der Waals surface area (Å²) < 4.78 is 11.1. The normalized spacial score (nSPS) is 19.7. The van der Waals surface area contributed by atoms with Crippen molar-refractivity contribution in [2.75, 3.05) is 13.7 Å². The second-order valence-corrected chi connectivity index (χ2v) is 7.96. The fourth-order valence-corrected chi connectivity index (χ4v) is 3.82. The molecular formula is C20H32N2O2. The second kappa shape index (κ2) is 7.58. The summed E-state index contributed by atoms with van der Waals surface area (Å²) in [4.78, 5) is 0. The molecular weight excluding hydrogens is 300 g/mol. The van der Waals surface area contributed by atoms with Gasteiger partial charge >= 0.3 is 0 Å². The molecule has 0 aliphatic carbocycles. The highest BCUT2D eigenvalue weighted by molar-refractivity contribution is 5.43. The SMILES string of the molecule is C=CCOc1ccc(CNC2CC(C)(C)NC(C)(C)C2)cc1OC. The summed E-state index contributed by atoms with van der Waals surface area (Å²) in [6.07, 6.45) is 3.97. The lowest BCUT2D eigenvalue weighted by Gasteiger charge is -2.46. The molecule has 0 atom stereocenters. The monoisotopic (exact) mass is 332 g/mol. The van der Waals surface area contributed by atoms with Crippen LogP contribution in [0.15, 0.2) is 30.9 Å². The molecule has 0 aromatic heterocycles. The molecule has 0 amide bonds. The van der Waals surface area contributed by atoms with E-state index < -0.39 is 0 Å². The quantitative estimate of drug-likeness (QED) is 0.748. The molecule has 1 fully saturated rings. The minimum atomic E-state index is 0.152. The van der Waals surface area contributed by atoms with Gasteiger partial charge in [-0.3, -0.25) is 0 Å². The molecule has 24 heavy (non-hydrogen) atoms. The van der Waals surface area contributed by atoms with Crippen molar-refractivity contribution in [1.29, 1.82) is 0 Å². The Hall–Kier alpha value is -1.52. The van der Waals surface area contributed by atoms with E-state index in [2.05, 4.69) is 51.0 Å².